The molecule has 98 valence electrons. The molecule has 0 bridgehead atoms. The molecule has 2 rings (SSSR count). The zero-order valence-corrected chi connectivity index (χ0v) is 10.6. The van der Waals surface area contributed by atoms with Crippen LogP contribution in [0.2, 0.25) is 0 Å². The van der Waals surface area contributed by atoms with Gasteiger partial charge >= 0.3 is 5.97 Å². The third-order valence-electron chi connectivity index (χ3n) is 3.24. The van der Waals surface area contributed by atoms with Crippen LogP contribution in [0.25, 0.3) is 0 Å². The van der Waals surface area contributed by atoms with Gasteiger partial charge in [0.05, 0.1) is 19.2 Å². The van der Waals surface area contributed by atoms with Gasteiger partial charge < -0.3 is 9.84 Å². The number of benzene rings is 1. The fraction of sp³-hybridized carbons (Fsp3) is 0.500. The summed E-state index contributed by atoms with van der Waals surface area (Å²) < 4.78 is 5.26. The van der Waals surface area contributed by atoms with Crippen LogP contribution in [0.1, 0.15) is 24.4 Å². The molecule has 1 aromatic rings. The topological polar surface area (TPSA) is 49.8 Å². The lowest BCUT2D eigenvalue weighted by Gasteiger charge is -2.30. The van der Waals surface area contributed by atoms with E-state index in [0.717, 1.165) is 18.4 Å². The molecule has 1 aliphatic carbocycles. The number of rotatable bonds is 7. The fourth-order valence-electron chi connectivity index (χ4n) is 2.27. The summed E-state index contributed by atoms with van der Waals surface area (Å²) in [6.45, 7) is 0.599. The Labute approximate surface area is 107 Å². The second-order valence-electron chi connectivity index (χ2n) is 4.68. The fourth-order valence-corrected chi connectivity index (χ4v) is 2.27. The Morgan fingerprint density at radius 2 is 2.11 bits per heavy atom. The highest BCUT2D eigenvalue weighted by atomic mass is 16.5. The van der Waals surface area contributed by atoms with Crippen LogP contribution in [0.4, 0.5) is 0 Å². The van der Waals surface area contributed by atoms with Crippen molar-refractivity contribution in [3.05, 3.63) is 35.9 Å². The summed E-state index contributed by atoms with van der Waals surface area (Å²) in [5, 5.41) is 9.04. The molecule has 1 unspecified atom stereocenters. The van der Waals surface area contributed by atoms with Crippen molar-refractivity contribution in [3.63, 3.8) is 0 Å². The minimum absolute atomic E-state index is 0.0276. The van der Waals surface area contributed by atoms with Crippen molar-refractivity contribution in [2.24, 2.45) is 0 Å². The van der Waals surface area contributed by atoms with Gasteiger partial charge in [0.1, 0.15) is 0 Å². The first-order chi connectivity index (χ1) is 8.72. The number of hydrogen-bond donors (Lipinski definition) is 1. The Balaban J connectivity index is 2.18. The number of ether oxygens (including phenoxy) is 1. The van der Waals surface area contributed by atoms with Gasteiger partial charge in [-0.15, -0.1) is 0 Å². The van der Waals surface area contributed by atoms with Gasteiger partial charge in [-0.05, 0) is 18.4 Å². The van der Waals surface area contributed by atoms with Gasteiger partial charge in [0, 0.05) is 13.2 Å². The molecule has 1 N–H and O–H groups in total. The van der Waals surface area contributed by atoms with E-state index in [-0.39, 0.29) is 12.6 Å². The van der Waals surface area contributed by atoms with E-state index in [2.05, 4.69) is 0 Å². The lowest BCUT2D eigenvalue weighted by molar-refractivity contribution is -0.139. The van der Waals surface area contributed by atoms with E-state index in [1.165, 1.54) is 0 Å². The maximum Gasteiger partial charge on any atom is 0.317 e. The number of hydrogen-bond acceptors (Lipinski definition) is 3. The van der Waals surface area contributed by atoms with E-state index in [4.69, 9.17) is 9.84 Å². The highest BCUT2D eigenvalue weighted by Crippen LogP contribution is 2.34. The summed E-state index contributed by atoms with van der Waals surface area (Å²) in [6.07, 6.45) is 2.17. The minimum Gasteiger partial charge on any atom is -0.480 e. The molecule has 0 radical (unpaired) electrons. The molecule has 0 heterocycles. The molecule has 0 saturated heterocycles. The maximum absolute atomic E-state index is 11.0. The van der Waals surface area contributed by atoms with Crippen LogP contribution in [0.15, 0.2) is 30.3 Å². The second kappa shape index (κ2) is 5.98. The van der Waals surface area contributed by atoms with Crippen LogP contribution in [0.3, 0.4) is 0 Å². The van der Waals surface area contributed by atoms with E-state index in [9.17, 15) is 4.79 Å². The number of carbonyl (C=O) groups is 1. The second-order valence-corrected chi connectivity index (χ2v) is 4.68. The van der Waals surface area contributed by atoms with E-state index in [1.807, 2.05) is 35.2 Å². The maximum atomic E-state index is 11.0. The molecule has 4 heteroatoms. The zero-order chi connectivity index (χ0) is 13.0. The molecule has 1 aliphatic rings. The summed E-state index contributed by atoms with van der Waals surface area (Å²) in [5.41, 5.74) is 1.12. The number of nitrogens with zero attached hydrogens (tertiary/aromatic N) is 1. The summed E-state index contributed by atoms with van der Waals surface area (Å²) in [4.78, 5) is 13.0. The Morgan fingerprint density at radius 1 is 1.44 bits per heavy atom. The van der Waals surface area contributed by atoms with Gasteiger partial charge in [0.25, 0.3) is 0 Å². The van der Waals surface area contributed by atoms with Crippen molar-refractivity contribution < 1.29 is 14.6 Å². The van der Waals surface area contributed by atoms with E-state index < -0.39 is 5.97 Å². The summed E-state index contributed by atoms with van der Waals surface area (Å²) in [7, 11) is 1.65. The van der Waals surface area contributed by atoms with Gasteiger partial charge in [0.15, 0.2) is 0 Å². The predicted octanol–water partition coefficient (Wildman–Crippen LogP) is 1.92. The van der Waals surface area contributed by atoms with Crippen molar-refractivity contribution in [2.45, 2.75) is 24.9 Å². The number of carboxylic acids is 1. The minimum atomic E-state index is -0.779. The van der Waals surface area contributed by atoms with Crippen LogP contribution in [-0.2, 0) is 9.53 Å². The number of methoxy groups -OCH3 is 1. The van der Waals surface area contributed by atoms with Crippen LogP contribution in [-0.4, -0.2) is 42.3 Å². The van der Waals surface area contributed by atoms with Crippen molar-refractivity contribution in [3.8, 4) is 0 Å². The summed E-state index contributed by atoms with van der Waals surface area (Å²) >= 11 is 0. The van der Waals surface area contributed by atoms with Crippen LogP contribution in [0.5, 0.6) is 0 Å². The van der Waals surface area contributed by atoms with Gasteiger partial charge in [-0.1, -0.05) is 30.3 Å². The van der Waals surface area contributed by atoms with Gasteiger partial charge in [-0.25, -0.2) is 0 Å². The van der Waals surface area contributed by atoms with Crippen LogP contribution in [0, 0.1) is 0 Å². The first kappa shape index (κ1) is 13.1. The normalized spacial score (nSPS) is 16.8. The summed E-state index contributed by atoms with van der Waals surface area (Å²) in [5.74, 6) is -0.779. The van der Waals surface area contributed by atoms with Crippen molar-refractivity contribution in [1.82, 2.24) is 4.90 Å². The van der Waals surface area contributed by atoms with E-state index >= 15 is 0 Å². The summed E-state index contributed by atoms with van der Waals surface area (Å²) in [6, 6.07) is 10.4. The Bertz CT molecular complexity index is 389. The largest absolute Gasteiger partial charge is 0.480 e. The van der Waals surface area contributed by atoms with Crippen molar-refractivity contribution >= 4 is 5.97 Å². The lowest BCUT2D eigenvalue weighted by Crippen LogP contribution is -2.37. The Hall–Kier alpha value is -1.39. The number of aliphatic carboxylic acids is 1. The molecule has 1 fully saturated rings. The van der Waals surface area contributed by atoms with E-state index in [0.29, 0.717) is 12.6 Å². The molecular formula is C14H19NO3. The molecule has 1 aromatic carbocycles. The lowest BCUT2D eigenvalue weighted by atomic mass is 10.1. The molecule has 0 spiro atoms. The van der Waals surface area contributed by atoms with Crippen molar-refractivity contribution in [2.75, 3.05) is 20.3 Å². The average molecular weight is 249 g/mol. The first-order valence-corrected chi connectivity index (χ1v) is 6.23. The quantitative estimate of drug-likeness (QED) is 0.802. The van der Waals surface area contributed by atoms with Crippen molar-refractivity contribution in [1.29, 1.82) is 0 Å². The molecule has 1 saturated carbocycles. The average Bonchev–Trinajstić information content (AvgIpc) is 3.18. The third-order valence-corrected chi connectivity index (χ3v) is 3.24. The zero-order valence-electron chi connectivity index (χ0n) is 10.6. The molecule has 4 nitrogen and oxygen atoms in total. The Kier molecular flexibility index (Phi) is 4.33. The van der Waals surface area contributed by atoms with Crippen LogP contribution < -0.4 is 0 Å². The van der Waals surface area contributed by atoms with Gasteiger partial charge in [-0.3, -0.25) is 9.69 Å². The SMILES string of the molecule is COCC(c1ccccc1)N(CC(=O)O)C1CC1. The predicted molar refractivity (Wildman–Crippen MR) is 68.4 cm³/mol. The molecule has 0 amide bonds. The molecule has 1 atom stereocenters. The monoisotopic (exact) mass is 249 g/mol. The van der Waals surface area contributed by atoms with Gasteiger partial charge in [-0.2, -0.15) is 0 Å². The highest BCUT2D eigenvalue weighted by Gasteiger charge is 2.35. The van der Waals surface area contributed by atoms with Gasteiger partial charge in [0.2, 0.25) is 0 Å². The Morgan fingerprint density at radius 3 is 2.61 bits per heavy atom. The third kappa shape index (κ3) is 3.31. The molecule has 18 heavy (non-hydrogen) atoms. The molecule has 0 aliphatic heterocycles. The first-order valence-electron chi connectivity index (χ1n) is 6.23. The molecule has 0 aromatic heterocycles. The smallest absolute Gasteiger partial charge is 0.317 e. The van der Waals surface area contributed by atoms with Crippen LogP contribution >= 0.6 is 0 Å². The number of carboxylic acid groups (broad SMARTS) is 1. The standard InChI is InChI=1S/C14H19NO3/c1-18-10-13(11-5-3-2-4-6-11)15(9-14(16)17)12-7-8-12/h2-6,12-13H,7-10H2,1H3,(H,16,17). The van der Waals surface area contributed by atoms with E-state index in [1.54, 1.807) is 7.11 Å². The molecular weight excluding hydrogens is 230 g/mol. The highest BCUT2D eigenvalue weighted by molar-refractivity contribution is 5.69.